The third-order valence-corrected chi connectivity index (χ3v) is 4.54. The molecule has 1 fully saturated rings. The van der Waals surface area contributed by atoms with Crippen molar-refractivity contribution >= 4 is 23.3 Å². The van der Waals surface area contributed by atoms with Gasteiger partial charge in [0, 0.05) is 24.3 Å². The predicted octanol–water partition coefficient (Wildman–Crippen LogP) is 3.54. The van der Waals surface area contributed by atoms with E-state index in [2.05, 4.69) is 10.6 Å². The number of amides is 3. The maximum Gasteiger partial charge on any atom is 0.319 e. The van der Waals surface area contributed by atoms with Gasteiger partial charge in [-0.15, -0.1) is 0 Å². The number of carbonyl (C=O) groups excluding carboxylic acids is 2. The number of anilines is 2. The van der Waals surface area contributed by atoms with E-state index in [-0.39, 0.29) is 18.0 Å². The van der Waals surface area contributed by atoms with E-state index in [1.54, 1.807) is 4.90 Å². The largest absolute Gasteiger partial charge is 0.333 e. The molecular formula is C20H23N3O2. The fourth-order valence-corrected chi connectivity index (χ4v) is 3.02. The van der Waals surface area contributed by atoms with E-state index in [0.717, 1.165) is 22.5 Å². The number of nitrogens with one attached hydrogen (secondary N) is 2. The van der Waals surface area contributed by atoms with E-state index in [0.29, 0.717) is 13.0 Å². The molecule has 3 rings (SSSR count). The van der Waals surface area contributed by atoms with Crippen LogP contribution in [0.5, 0.6) is 0 Å². The van der Waals surface area contributed by atoms with Crippen molar-refractivity contribution in [1.29, 1.82) is 0 Å². The Balaban J connectivity index is 1.62. The van der Waals surface area contributed by atoms with Gasteiger partial charge in [0.05, 0.1) is 6.04 Å². The molecule has 0 aliphatic carbocycles. The number of carbonyl (C=O) groups is 2. The lowest BCUT2D eigenvalue weighted by molar-refractivity contribution is -0.117. The molecule has 1 heterocycles. The van der Waals surface area contributed by atoms with Gasteiger partial charge >= 0.3 is 6.03 Å². The van der Waals surface area contributed by atoms with Crippen molar-refractivity contribution in [1.82, 2.24) is 5.32 Å². The Morgan fingerprint density at radius 2 is 1.88 bits per heavy atom. The first-order valence-corrected chi connectivity index (χ1v) is 8.44. The SMILES string of the molecule is Cc1cccc(NC(=O)N[C@@H]2CC(=O)N(c3ccc(C)c(C)c3)C2)c1. The Hall–Kier alpha value is -2.82. The topological polar surface area (TPSA) is 61.4 Å². The standard InChI is InChI=1S/C20H23N3O2/c1-13-5-4-6-16(9-13)21-20(25)22-17-11-19(24)23(12-17)18-8-7-14(2)15(3)10-18/h4-10,17H,11-12H2,1-3H3,(H2,21,22,25)/t17-/m1/s1. The zero-order chi connectivity index (χ0) is 18.0. The number of urea groups is 1. The first-order chi connectivity index (χ1) is 11.9. The van der Waals surface area contributed by atoms with Crippen LogP contribution in [0.25, 0.3) is 0 Å². The van der Waals surface area contributed by atoms with Crippen molar-refractivity contribution < 1.29 is 9.59 Å². The van der Waals surface area contributed by atoms with E-state index in [1.807, 2.05) is 63.2 Å². The molecule has 2 N–H and O–H groups in total. The van der Waals surface area contributed by atoms with Crippen molar-refractivity contribution in [2.75, 3.05) is 16.8 Å². The second-order valence-corrected chi connectivity index (χ2v) is 6.64. The summed E-state index contributed by atoms with van der Waals surface area (Å²) in [7, 11) is 0. The molecule has 1 atom stereocenters. The van der Waals surface area contributed by atoms with Gasteiger partial charge in [-0.25, -0.2) is 4.79 Å². The molecule has 5 nitrogen and oxygen atoms in total. The quantitative estimate of drug-likeness (QED) is 0.900. The lowest BCUT2D eigenvalue weighted by atomic mass is 10.1. The van der Waals surface area contributed by atoms with E-state index in [1.165, 1.54) is 5.56 Å². The van der Waals surface area contributed by atoms with E-state index >= 15 is 0 Å². The molecule has 0 unspecified atom stereocenters. The highest BCUT2D eigenvalue weighted by molar-refractivity contribution is 5.97. The van der Waals surface area contributed by atoms with Gasteiger partial charge < -0.3 is 15.5 Å². The first-order valence-electron chi connectivity index (χ1n) is 8.44. The second kappa shape index (κ2) is 6.97. The van der Waals surface area contributed by atoms with Gasteiger partial charge in [-0.1, -0.05) is 18.2 Å². The number of aryl methyl sites for hydroxylation is 3. The van der Waals surface area contributed by atoms with Crippen LogP contribution < -0.4 is 15.5 Å². The summed E-state index contributed by atoms with van der Waals surface area (Å²) in [5, 5.41) is 5.71. The summed E-state index contributed by atoms with van der Waals surface area (Å²) in [6.07, 6.45) is 0.314. The maximum absolute atomic E-state index is 12.3. The Bertz CT molecular complexity index is 816. The summed E-state index contributed by atoms with van der Waals surface area (Å²) in [6, 6.07) is 13.1. The monoisotopic (exact) mass is 337 g/mol. The summed E-state index contributed by atoms with van der Waals surface area (Å²) in [5.74, 6) is 0.0316. The van der Waals surface area contributed by atoms with Crippen LogP contribution in [0.4, 0.5) is 16.2 Å². The number of hydrogen-bond acceptors (Lipinski definition) is 2. The lowest BCUT2D eigenvalue weighted by Crippen LogP contribution is -2.39. The highest BCUT2D eigenvalue weighted by atomic mass is 16.2. The fraction of sp³-hybridized carbons (Fsp3) is 0.300. The molecule has 5 heteroatoms. The van der Waals surface area contributed by atoms with E-state index in [4.69, 9.17) is 0 Å². The fourth-order valence-electron chi connectivity index (χ4n) is 3.02. The van der Waals surface area contributed by atoms with Gasteiger partial charge in [0.25, 0.3) is 0 Å². The number of nitrogens with zero attached hydrogens (tertiary/aromatic N) is 1. The molecule has 0 spiro atoms. The molecule has 0 saturated carbocycles. The third kappa shape index (κ3) is 3.99. The summed E-state index contributed by atoms with van der Waals surface area (Å²) in [4.78, 5) is 26.2. The number of hydrogen-bond donors (Lipinski definition) is 2. The molecule has 0 radical (unpaired) electrons. The minimum absolute atomic E-state index is 0.0316. The van der Waals surface area contributed by atoms with Gasteiger partial charge in [-0.3, -0.25) is 4.79 Å². The Labute approximate surface area is 148 Å². The molecule has 2 aromatic carbocycles. The van der Waals surface area contributed by atoms with Crippen LogP contribution in [0.15, 0.2) is 42.5 Å². The molecule has 1 aliphatic heterocycles. The summed E-state index contributed by atoms with van der Waals surface area (Å²) in [5.41, 5.74) is 5.06. The molecule has 1 saturated heterocycles. The van der Waals surface area contributed by atoms with Gasteiger partial charge in [-0.2, -0.15) is 0 Å². The average molecular weight is 337 g/mol. The third-order valence-electron chi connectivity index (χ3n) is 4.54. The second-order valence-electron chi connectivity index (χ2n) is 6.64. The highest BCUT2D eigenvalue weighted by Gasteiger charge is 2.31. The molecule has 25 heavy (non-hydrogen) atoms. The molecular weight excluding hydrogens is 314 g/mol. The van der Waals surface area contributed by atoms with E-state index in [9.17, 15) is 9.59 Å². The smallest absolute Gasteiger partial charge is 0.319 e. The first kappa shape index (κ1) is 17.0. The zero-order valence-corrected chi connectivity index (χ0v) is 14.8. The predicted molar refractivity (Wildman–Crippen MR) is 100 cm³/mol. The number of rotatable bonds is 3. The molecule has 0 bridgehead atoms. The van der Waals surface area contributed by atoms with E-state index < -0.39 is 0 Å². The summed E-state index contributed by atoms with van der Waals surface area (Å²) >= 11 is 0. The molecule has 3 amide bonds. The highest BCUT2D eigenvalue weighted by Crippen LogP contribution is 2.24. The van der Waals surface area contributed by atoms with Crippen molar-refractivity contribution in [3.8, 4) is 0 Å². The summed E-state index contributed by atoms with van der Waals surface area (Å²) < 4.78 is 0. The van der Waals surface area contributed by atoms with Gasteiger partial charge in [0.15, 0.2) is 0 Å². The van der Waals surface area contributed by atoms with Crippen molar-refractivity contribution in [3.05, 3.63) is 59.2 Å². The molecule has 0 aromatic heterocycles. The van der Waals surface area contributed by atoms with Gasteiger partial charge in [-0.05, 0) is 61.7 Å². The van der Waals surface area contributed by atoms with Crippen LogP contribution in [-0.4, -0.2) is 24.5 Å². The van der Waals surface area contributed by atoms with Crippen molar-refractivity contribution in [2.24, 2.45) is 0 Å². The van der Waals surface area contributed by atoms with Crippen molar-refractivity contribution in [2.45, 2.75) is 33.2 Å². The molecule has 2 aromatic rings. The Kier molecular flexibility index (Phi) is 4.74. The average Bonchev–Trinajstić information content (AvgIpc) is 2.90. The normalized spacial score (nSPS) is 16.8. The molecule has 130 valence electrons. The minimum atomic E-state index is -0.287. The molecule has 1 aliphatic rings. The lowest BCUT2D eigenvalue weighted by Gasteiger charge is -2.18. The number of benzene rings is 2. The van der Waals surface area contributed by atoms with Crippen LogP contribution in [0.1, 0.15) is 23.1 Å². The minimum Gasteiger partial charge on any atom is -0.333 e. The van der Waals surface area contributed by atoms with Crippen LogP contribution in [-0.2, 0) is 4.79 Å². The van der Waals surface area contributed by atoms with Crippen LogP contribution in [0.3, 0.4) is 0 Å². The van der Waals surface area contributed by atoms with Crippen molar-refractivity contribution in [3.63, 3.8) is 0 Å². The van der Waals surface area contributed by atoms with Crippen LogP contribution >= 0.6 is 0 Å². The van der Waals surface area contributed by atoms with Crippen LogP contribution in [0, 0.1) is 20.8 Å². The maximum atomic E-state index is 12.3. The zero-order valence-electron chi connectivity index (χ0n) is 14.8. The Morgan fingerprint density at radius 1 is 1.08 bits per heavy atom. The summed E-state index contributed by atoms with van der Waals surface area (Å²) in [6.45, 7) is 6.54. The van der Waals surface area contributed by atoms with Gasteiger partial charge in [0.2, 0.25) is 5.91 Å². The van der Waals surface area contributed by atoms with Gasteiger partial charge in [0.1, 0.15) is 0 Å². The Morgan fingerprint density at radius 3 is 2.60 bits per heavy atom. The van der Waals surface area contributed by atoms with Crippen LogP contribution in [0.2, 0.25) is 0 Å².